The zero-order chi connectivity index (χ0) is 13.3. The number of aromatic nitrogens is 1. The van der Waals surface area contributed by atoms with Crippen LogP contribution in [0.2, 0.25) is 5.02 Å². The van der Waals surface area contributed by atoms with Gasteiger partial charge in [0.1, 0.15) is 0 Å². The first kappa shape index (κ1) is 13.2. The molecule has 2 rings (SSSR count). The van der Waals surface area contributed by atoms with E-state index in [-0.39, 0.29) is 10.6 Å². The molecule has 0 bridgehead atoms. The number of ketones is 1. The Morgan fingerprint density at radius 2 is 2.11 bits per heavy atom. The Kier molecular flexibility index (Phi) is 3.78. The van der Waals surface area contributed by atoms with E-state index >= 15 is 0 Å². The van der Waals surface area contributed by atoms with Crippen LogP contribution in [-0.2, 0) is 0 Å². The van der Waals surface area contributed by atoms with Crippen LogP contribution in [0.5, 0.6) is 0 Å². The number of halogens is 3. The summed E-state index contributed by atoms with van der Waals surface area (Å²) in [6.45, 7) is 1.81. The van der Waals surface area contributed by atoms with E-state index in [1.54, 1.807) is 18.3 Å². The molecule has 0 spiro atoms. The fourth-order valence-electron chi connectivity index (χ4n) is 1.54. The maximum Gasteiger partial charge on any atom is 0.197 e. The summed E-state index contributed by atoms with van der Waals surface area (Å²) in [6, 6.07) is 4.60. The molecule has 2 nitrogen and oxygen atoms in total. The summed E-state index contributed by atoms with van der Waals surface area (Å²) >= 11 is 8.86. The van der Waals surface area contributed by atoms with Crippen LogP contribution >= 0.6 is 27.5 Å². The summed E-state index contributed by atoms with van der Waals surface area (Å²) in [5.74, 6) is -1.16. The highest BCUT2D eigenvalue weighted by atomic mass is 79.9. The van der Waals surface area contributed by atoms with E-state index in [4.69, 9.17) is 11.6 Å². The van der Waals surface area contributed by atoms with Gasteiger partial charge in [0.25, 0.3) is 0 Å². The molecule has 0 amide bonds. The molecule has 1 aromatic carbocycles. The highest BCUT2D eigenvalue weighted by Gasteiger charge is 2.18. The minimum absolute atomic E-state index is 0.0596. The van der Waals surface area contributed by atoms with Crippen LogP contribution in [0.15, 0.2) is 35.1 Å². The zero-order valence-corrected chi connectivity index (χ0v) is 11.7. The van der Waals surface area contributed by atoms with Crippen molar-refractivity contribution in [2.24, 2.45) is 0 Å². The number of nitrogens with zero attached hydrogens (tertiary/aromatic N) is 1. The minimum Gasteiger partial charge on any atom is -0.288 e. The van der Waals surface area contributed by atoms with Crippen molar-refractivity contribution in [2.45, 2.75) is 6.92 Å². The molecule has 0 unspecified atom stereocenters. The number of hydrogen-bond donors (Lipinski definition) is 0. The number of aryl methyl sites for hydroxylation is 1. The first-order chi connectivity index (χ1) is 8.50. The Morgan fingerprint density at radius 1 is 1.39 bits per heavy atom. The van der Waals surface area contributed by atoms with Crippen LogP contribution in [0.4, 0.5) is 4.39 Å². The van der Waals surface area contributed by atoms with Gasteiger partial charge in [0.15, 0.2) is 11.6 Å². The standard InChI is InChI=1S/C13H8BrClFNO/c1-7-4-8(6-17-5-7)13(18)9-2-3-10(14)11(15)12(9)16/h2-6H,1H3. The Labute approximate surface area is 117 Å². The molecule has 18 heavy (non-hydrogen) atoms. The van der Waals surface area contributed by atoms with Gasteiger partial charge in [-0.1, -0.05) is 11.6 Å². The monoisotopic (exact) mass is 327 g/mol. The lowest BCUT2D eigenvalue weighted by Gasteiger charge is -2.05. The molecule has 0 aliphatic carbocycles. The molecule has 0 N–H and O–H groups in total. The van der Waals surface area contributed by atoms with Gasteiger partial charge in [-0.05, 0) is 46.6 Å². The van der Waals surface area contributed by atoms with Crippen molar-refractivity contribution in [2.75, 3.05) is 0 Å². The lowest BCUT2D eigenvalue weighted by Crippen LogP contribution is -2.05. The largest absolute Gasteiger partial charge is 0.288 e. The predicted molar refractivity (Wildman–Crippen MR) is 71.5 cm³/mol. The second kappa shape index (κ2) is 5.16. The smallest absolute Gasteiger partial charge is 0.197 e. The minimum atomic E-state index is -0.724. The first-order valence-corrected chi connectivity index (χ1v) is 6.27. The fourth-order valence-corrected chi connectivity index (χ4v) is 2.01. The SMILES string of the molecule is Cc1cncc(C(=O)c2ccc(Br)c(Cl)c2F)c1. The summed E-state index contributed by atoms with van der Waals surface area (Å²) < 4.78 is 14.3. The van der Waals surface area contributed by atoms with Gasteiger partial charge < -0.3 is 0 Å². The highest BCUT2D eigenvalue weighted by Crippen LogP contribution is 2.28. The number of carbonyl (C=O) groups is 1. The molecule has 0 radical (unpaired) electrons. The summed E-state index contributed by atoms with van der Waals surface area (Å²) in [7, 11) is 0. The summed E-state index contributed by atoms with van der Waals surface area (Å²) in [5.41, 5.74) is 1.12. The molecule has 0 saturated carbocycles. The molecule has 5 heteroatoms. The van der Waals surface area contributed by atoms with Crippen molar-refractivity contribution in [1.29, 1.82) is 0 Å². The van der Waals surface area contributed by atoms with Crippen LogP contribution in [0.1, 0.15) is 21.5 Å². The van der Waals surface area contributed by atoms with Crippen molar-refractivity contribution in [1.82, 2.24) is 4.98 Å². The molecule has 0 fully saturated rings. The molecule has 1 heterocycles. The van der Waals surface area contributed by atoms with Crippen molar-refractivity contribution in [3.8, 4) is 0 Å². The highest BCUT2D eigenvalue weighted by molar-refractivity contribution is 9.10. The van der Waals surface area contributed by atoms with Gasteiger partial charge in [0, 0.05) is 22.4 Å². The molecule has 0 atom stereocenters. The number of benzene rings is 1. The Hall–Kier alpha value is -1.26. The van der Waals surface area contributed by atoms with Gasteiger partial charge in [-0.25, -0.2) is 4.39 Å². The predicted octanol–water partition coefficient (Wildman–Crippen LogP) is 4.18. The second-order valence-corrected chi connectivity index (χ2v) is 5.04. The van der Waals surface area contributed by atoms with Gasteiger partial charge in [-0.15, -0.1) is 0 Å². The van der Waals surface area contributed by atoms with Gasteiger partial charge >= 0.3 is 0 Å². The number of hydrogen-bond acceptors (Lipinski definition) is 2. The van der Waals surface area contributed by atoms with Gasteiger partial charge in [-0.2, -0.15) is 0 Å². The number of carbonyl (C=O) groups excluding carboxylic acids is 1. The number of pyridine rings is 1. The van der Waals surface area contributed by atoms with Crippen LogP contribution < -0.4 is 0 Å². The van der Waals surface area contributed by atoms with E-state index in [2.05, 4.69) is 20.9 Å². The molecule has 0 aliphatic heterocycles. The summed E-state index contributed by atoms with van der Waals surface area (Å²) in [6.07, 6.45) is 3.03. The maximum absolute atomic E-state index is 13.9. The van der Waals surface area contributed by atoms with Gasteiger partial charge in [0.2, 0.25) is 0 Å². The molecule has 0 aliphatic rings. The Bertz CT molecular complexity index is 630. The van der Waals surface area contributed by atoms with Crippen molar-refractivity contribution >= 4 is 33.3 Å². The third kappa shape index (κ3) is 2.44. The molecule has 1 aromatic heterocycles. The van der Waals surface area contributed by atoms with E-state index in [9.17, 15) is 9.18 Å². The lowest BCUT2D eigenvalue weighted by molar-refractivity contribution is 0.103. The number of rotatable bonds is 2. The van der Waals surface area contributed by atoms with Crippen molar-refractivity contribution < 1.29 is 9.18 Å². The van der Waals surface area contributed by atoms with Crippen LogP contribution in [-0.4, -0.2) is 10.8 Å². The van der Waals surface area contributed by atoms with Crippen LogP contribution in [0.3, 0.4) is 0 Å². The molecular formula is C13H8BrClFNO. The molecule has 92 valence electrons. The molecule has 0 saturated heterocycles. The van der Waals surface area contributed by atoms with E-state index in [0.717, 1.165) is 5.56 Å². The Balaban J connectivity index is 2.50. The average Bonchev–Trinajstić information content (AvgIpc) is 2.35. The van der Waals surface area contributed by atoms with E-state index in [1.165, 1.54) is 12.3 Å². The average molecular weight is 329 g/mol. The lowest BCUT2D eigenvalue weighted by atomic mass is 10.0. The van der Waals surface area contributed by atoms with Crippen LogP contribution in [0, 0.1) is 12.7 Å². The van der Waals surface area contributed by atoms with E-state index in [0.29, 0.717) is 10.0 Å². The normalized spacial score (nSPS) is 10.4. The first-order valence-electron chi connectivity index (χ1n) is 5.10. The van der Waals surface area contributed by atoms with Gasteiger partial charge in [-0.3, -0.25) is 9.78 Å². The molecular weight excluding hydrogens is 321 g/mol. The third-order valence-electron chi connectivity index (χ3n) is 2.42. The topological polar surface area (TPSA) is 30.0 Å². The third-order valence-corrected chi connectivity index (χ3v) is 3.68. The fraction of sp³-hybridized carbons (Fsp3) is 0.0769. The van der Waals surface area contributed by atoms with Gasteiger partial charge in [0.05, 0.1) is 10.6 Å². The van der Waals surface area contributed by atoms with Crippen molar-refractivity contribution in [3.05, 3.63) is 62.6 Å². The summed E-state index contributed by atoms with van der Waals surface area (Å²) in [4.78, 5) is 16.0. The summed E-state index contributed by atoms with van der Waals surface area (Å²) in [5, 5.41) is -0.0959. The zero-order valence-electron chi connectivity index (χ0n) is 9.38. The van der Waals surface area contributed by atoms with E-state index in [1.807, 2.05) is 6.92 Å². The van der Waals surface area contributed by atoms with Crippen LogP contribution in [0.25, 0.3) is 0 Å². The maximum atomic E-state index is 13.9. The second-order valence-electron chi connectivity index (χ2n) is 3.80. The Morgan fingerprint density at radius 3 is 2.78 bits per heavy atom. The molecule has 2 aromatic rings. The quantitative estimate of drug-likeness (QED) is 0.611. The van der Waals surface area contributed by atoms with E-state index < -0.39 is 11.6 Å². The van der Waals surface area contributed by atoms with Crippen molar-refractivity contribution in [3.63, 3.8) is 0 Å².